The first-order valence-corrected chi connectivity index (χ1v) is 12.5. The van der Waals surface area contributed by atoms with E-state index in [1.165, 1.54) is 16.8 Å². The normalized spacial score (nSPS) is 19.8. The highest BCUT2D eigenvalue weighted by Crippen LogP contribution is 2.45. The number of allylic oxidation sites excluding steroid dienone is 1. The lowest BCUT2D eigenvalue weighted by Gasteiger charge is -2.40. The van der Waals surface area contributed by atoms with Crippen molar-refractivity contribution in [2.45, 2.75) is 31.6 Å². The van der Waals surface area contributed by atoms with E-state index in [1.807, 2.05) is 18.2 Å². The van der Waals surface area contributed by atoms with Gasteiger partial charge in [0.05, 0.1) is 26.6 Å². The minimum Gasteiger partial charge on any atom is -0.497 e. The van der Waals surface area contributed by atoms with Crippen molar-refractivity contribution < 1.29 is 4.74 Å². The van der Waals surface area contributed by atoms with Gasteiger partial charge in [-0.05, 0) is 53.4 Å². The second-order valence-electron chi connectivity index (χ2n) is 7.76. The van der Waals surface area contributed by atoms with Crippen molar-refractivity contribution in [1.29, 1.82) is 0 Å². The predicted octanol–water partition coefficient (Wildman–Crippen LogP) is 5.98. The van der Waals surface area contributed by atoms with E-state index in [2.05, 4.69) is 62.6 Å². The number of aliphatic imine (C=N–C) groups is 1. The Morgan fingerprint density at radius 3 is 2.36 bits per heavy atom. The molecular weight excluding hydrogens is 322 g/mol. The Morgan fingerprint density at radius 1 is 1.08 bits per heavy atom. The van der Waals surface area contributed by atoms with Crippen LogP contribution in [0, 0.1) is 5.92 Å². The lowest BCUT2D eigenvalue weighted by Crippen LogP contribution is -2.41. The Morgan fingerprint density at radius 2 is 1.76 bits per heavy atom. The summed E-state index contributed by atoms with van der Waals surface area (Å²) in [5, 5.41) is 0. The number of fused-ring (bicyclic) bond motifs is 1. The summed E-state index contributed by atoms with van der Waals surface area (Å²) in [6, 6.07) is 16.9. The van der Waals surface area contributed by atoms with E-state index in [1.54, 1.807) is 7.11 Å². The van der Waals surface area contributed by atoms with E-state index in [-0.39, 0.29) is 0 Å². The second kappa shape index (κ2) is 7.01. The molecule has 0 saturated carbocycles. The fourth-order valence-corrected chi connectivity index (χ4v) is 6.66. The van der Waals surface area contributed by atoms with Crippen molar-refractivity contribution in [1.82, 2.24) is 0 Å². The van der Waals surface area contributed by atoms with Crippen molar-refractivity contribution in [3.8, 4) is 5.75 Å². The first kappa shape index (κ1) is 17.7. The average Bonchev–Trinajstić information content (AvgIpc) is 2.60. The monoisotopic (exact) mass is 349 g/mol. The molecule has 2 aromatic rings. The third-order valence-corrected chi connectivity index (χ3v) is 7.59. The highest BCUT2D eigenvalue weighted by Gasteiger charge is 2.40. The topological polar surface area (TPSA) is 21.6 Å². The highest BCUT2D eigenvalue weighted by molar-refractivity contribution is 6.78. The number of hydrogen-bond donors (Lipinski definition) is 0. The quantitative estimate of drug-likeness (QED) is 0.480. The zero-order chi connectivity index (χ0) is 18.0. The number of rotatable bonds is 5. The van der Waals surface area contributed by atoms with Crippen molar-refractivity contribution >= 4 is 19.5 Å². The van der Waals surface area contributed by atoms with E-state index in [0.717, 1.165) is 17.9 Å². The number of hydrogen-bond acceptors (Lipinski definition) is 2. The van der Waals surface area contributed by atoms with Gasteiger partial charge in [0.25, 0.3) is 0 Å². The van der Waals surface area contributed by atoms with Crippen molar-refractivity contribution in [3.05, 3.63) is 72.3 Å². The molecule has 1 aliphatic heterocycles. The average molecular weight is 350 g/mol. The largest absolute Gasteiger partial charge is 0.497 e. The number of ether oxygens (including phenoxy) is 1. The summed E-state index contributed by atoms with van der Waals surface area (Å²) in [6.45, 7) is 11.4. The molecule has 0 spiro atoms. The Labute approximate surface area is 152 Å². The third-order valence-electron chi connectivity index (χ3n) is 5.01. The Balaban J connectivity index is 2.17. The Hall–Kier alpha value is -2.13. The maximum atomic E-state index is 5.31. The molecule has 2 aromatic carbocycles. The van der Waals surface area contributed by atoms with Gasteiger partial charge in [-0.15, -0.1) is 6.58 Å². The van der Waals surface area contributed by atoms with Gasteiger partial charge < -0.3 is 4.74 Å². The summed E-state index contributed by atoms with van der Waals surface area (Å²) < 4.78 is 5.31. The smallest absolute Gasteiger partial charge is 0.118 e. The zero-order valence-corrected chi connectivity index (χ0v) is 16.6. The van der Waals surface area contributed by atoms with Crippen LogP contribution in [0.3, 0.4) is 0 Å². The molecular formula is C22H27NOSi. The standard InChI is InChI=1S/C22H27NOSi/c1-6-9-19-21(16-12-14-17(24-2)15-13-16)23-20-11-8-7-10-18(20)22(19)25(3,4)5/h6-8,10-15,19,22H,1,9H2,2-5H3/t19-,22-/m0/s1. The van der Waals surface area contributed by atoms with Crippen molar-refractivity contribution in [2.75, 3.05) is 7.11 Å². The minimum atomic E-state index is -1.45. The van der Waals surface area contributed by atoms with Crippen LogP contribution in [0.4, 0.5) is 5.69 Å². The van der Waals surface area contributed by atoms with Gasteiger partial charge in [-0.25, -0.2) is 0 Å². The first-order valence-electron chi connectivity index (χ1n) is 8.88. The molecule has 3 rings (SSSR count). The van der Waals surface area contributed by atoms with Gasteiger partial charge in [-0.3, -0.25) is 4.99 Å². The number of para-hydroxylation sites is 1. The molecule has 0 bridgehead atoms. The lowest BCUT2D eigenvalue weighted by molar-refractivity contribution is 0.415. The molecule has 0 saturated heterocycles. The molecule has 0 unspecified atom stereocenters. The first-order chi connectivity index (χ1) is 12.0. The van der Waals surface area contributed by atoms with Crippen LogP contribution in [0.2, 0.25) is 19.6 Å². The Bertz CT molecular complexity index is 786. The maximum absolute atomic E-state index is 5.31. The molecule has 2 atom stereocenters. The molecule has 0 aliphatic carbocycles. The fraction of sp³-hybridized carbons (Fsp3) is 0.318. The fourth-order valence-electron chi connectivity index (χ4n) is 3.98. The zero-order valence-electron chi connectivity index (χ0n) is 15.6. The van der Waals surface area contributed by atoms with Gasteiger partial charge in [0.1, 0.15) is 5.75 Å². The van der Waals surface area contributed by atoms with Crippen LogP contribution in [0.25, 0.3) is 0 Å². The third kappa shape index (κ3) is 3.47. The number of nitrogens with zero attached hydrogens (tertiary/aromatic N) is 1. The summed E-state index contributed by atoms with van der Waals surface area (Å²) in [6.07, 6.45) is 3.00. The van der Waals surface area contributed by atoms with Crippen LogP contribution in [-0.2, 0) is 0 Å². The summed E-state index contributed by atoms with van der Waals surface area (Å²) >= 11 is 0. The highest BCUT2D eigenvalue weighted by atomic mass is 28.3. The van der Waals surface area contributed by atoms with E-state index in [4.69, 9.17) is 9.73 Å². The molecule has 0 radical (unpaired) electrons. The van der Waals surface area contributed by atoms with Gasteiger partial charge in [0.2, 0.25) is 0 Å². The van der Waals surface area contributed by atoms with Crippen LogP contribution in [0.5, 0.6) is 5.75 Å². The molecule has 2 nitrogen and oxygen atoms in total. The van der Waals surface area contributed by atoms with Crippen LogP contribution in [0.15, 0.2) is 66.2 Å². The van der Waals surface area contributed by atoms with E-state index in [9.17, 15) is 0 Å². The van der Waals surface area contributed by atoms with Crippen LogP contribution in [0.1, 0.15) is 23.1 Å². The van der Waals surface area contributed by atoms with Crippen LogP contribution >= 0.6 is 0 Å². The van der Waals surface area contributed by atoms with Crippen LogP contribution in [-0.4, -0.2) is 20.9 Å². The van der Waals surface area contributed by atoms with Gasteiger partial charge in [0.15, 0.2) is 0 Å². The van der Waals surface area contributed by atoms with Gasteiger partial charge in [-0.2, -0.15) is 0 Å². The lowest BCUT2D eigenvalue weighted by atomic mass is 9.84. The van der Waals surface area contributed by atoms with E-state index < -0.39 is 8.07 Å². The summed E-state index contributed by atoms with van der Waals surface area (Å²) in [5.41, 5.74) is 5.45. The molecule has 3 heteroatoms. The van der Waals surface area contributed by atoms with Crippen molar-refractivity contribution in [2.24, 2.45) is 10.9 Å². The molecule has 0 amide bonds. The predicted molar refractivity (Wildman–Crippen MR) is 110 cm³/mol. The molecule has 130 valence electrons. The second-order valence-corrected chi connectivity index (χ2v) is 13.1. The van der Waals surface area contributed by atoms with Gasteiger partial charge in [0, 0.05) is 5.92 Å². The molecule has 1 heterocycles. The van der Waals surface area contributed by atoms with Crippen LogP contribution < -0.4 is 4.74 Å². The summed E-state index contributed by atoms with van der Waals surface area (Å²) in [7, 11) is 0.246. The molecule has 0 N–H and O–H groups in total. The molecule has 25 heavy (non-hydrogen) atoms. The number of benzene rings is 2. The minimum absolute atomic E-state index is 0.382. The summed E-state index contributed by atoms with van der Waals surface area (Å²) in [5.74, 6) is 1.26. The van der Waals surface area contributed by atoms with Crippen molar-refractivity contribution in [3.63, 3.8) is 0 Å². The maximum Gasteiger partial charge on any atom is 0.118 e. The summed E-state index contributed by atoms with van der Waals surface area (Å²) in [4.78, 5) is 5.09. The Kier molecular flexibility index (Phi) is 4.95. The van der Waals surface area contributed by atoms with Gasteiger partial charge >= 0.3 is 0 Å². The molecule has 0 aromatic heterocycles. The van der Waals surface area contributed by atoms with E-state index in [0.29, 0.717) is 11.5 Å². The molecule has 1 aliphatic rings. The number of methoxy groups -OCH3 is 1. The van der Waals surface area contributed by atoms with E-state index >= 15 is 0 Å². The SMILES string of the molecule is C=CC[C@H]1C(c2ccc(OC)cc2)=Nc2ccccc2[C@@H]1[Si](C)(C)C. The molecule has 0 fully saturated rings. The van der Waals surface area contributed by atoms with Gasteiger partial charge in [-0.1, -0.05) is 43.9 Å².